The summed E-state index contributed by atoms with van der Waals surface area (Å²) in [7, 11) is 1.45. The Balaban J connectivity index is 1.06. The fraction of sp³-hybridized carbons (Fsp3) is 0.600. The van der Waals surface area contributed by atoms with Gasteiger partial charge in [0.2, 0.25) is 11.2 Å². The van der Waals surface area contributed by atoms with E-state index < -0.39 is 52.1 Å². The number of carbonyl (C=O) groups is 3. The molecule has 11 nitrogen and oxygen atoms in total. The van der Waals surface area contributed by atoms with E-state index in [-0.39, 0.29) is 70.8 Å². The summed E-state index contributed by atoms with van der Waals surface area (Å²) >= 11 is 0. The zero-order valence-electron chi connectivity index (χ0n) is 30.2. The number of esters is 1. The first-order chi connectivity index (χ1) is 24.7. The number of ketones is 2. The minimum absolute atomic E-state index is 0.0131. The highest BCUT2D eigenvalue weighted by atomic mass is 19.1. The molecular weight excluding hydrogens is 669 g/mol. The van der Waals surface area contributed by atoms with Crippen LogP contribution in [0, 0.1) is 34.4 Å². The van der Waals surface area contributed by atoms with E-state index in [1.165, 1.54) is 13.3 Å². The number of hydrogen-bond donors (Lipinski definition) is 3. The number of aliphatic hydroxyl groups is 2. The van der Waals surface area contributed by atoms with Crippen LogP contribution in [-0.4, -0.2) is 83.4 Å². The van der Waals surface area contributed by atoms with Gasteiger partial charge in [-0.25, -0.2) is 9.18 Å². The van der Waals surface area contributed by atoms with Gasteiger partial charge in [0.15, 0.2) is 24.0 Å². The number of nitrogens with one attached hydrogen (secondary N) is 1. The number of carbonyl (C=O) groups excluding carboxylic acids is 3. The predicted molar refractivity (Wildman–Crippen MR) is 191 cm³/mol. The van der Waals surface area contributed by atoms with E-state index in [0.29, 0.717) is 38.0 Å². The average molecular weight is 718 g/mol. The number of anilines is 1. The first kappa shape index (κ1) is 35.2. The minimum atomic E-state index is -1.86. The predicted octanol–water partition coefficient (Wildman–Crippen LogP) is 4.02. The van der Waals surface area contributed by atoms with Crippen LogP contribution in [0.4, 0.5) is 10.1 Å². The van der Waals surface area contributed by atoms with Crippen LogP contribution in [0.15, 0.2) is 40.9 Å². The zero-order valence-corrected chi connectivity index (χ0v) is 30.2. The summed E-state index contributed by atoms with van der Waals surface area (Å²) < 4.78 is 29.0. The van der Waals surface area contributed by atoms with Crippen molar-refractivity contribution in [1.82, 2.24) is 9.88 Å². The molecule has 8 rings (SSSR count). The number of aromatic nitrogens is 1. The lowest BCUT2D eigenvalue weighted by Gasteiger charge is -2.59. The van der Waals surface area contributed by atoms with Crippen LogP contribution in [0.1, 0.15) is 82.1 Å². The van der Waals surface area contributed by atoms with Gasteiger partial charge in [0.05, 0.1) is 24.1 Å². The van der Waals surface area contributed by atoms with Gasteiger partial charge in [0, 0.05) is 54.7 Å². The van der Waals surface area contributed by atoms with Gasteiger partial charge in [0.25, 0.3) is 0 Å². The first-order valence-corrected chi connectivity index (χ1v) is 18.7. The Labute approximate surface area is 301 Å². The summed E-state index contributed by atoms with van der Waals surface area (Å²) in [5, 5.41) is 27.2. The molecule has 5 unspecified atom stereocenters. The van der Waals surface area contributed by atoms with E-state index in [4.69, 9.17) is 9.47 Å². The highest BCUT2D eigenvalue weighted by Crippen LogP contribution is 2.67. The van der Waals surface area contributed by atoms with Gasteiger partial charge in [0.1, 0.15) is 16.9 Å². The maximum Gasteiger partial charge on any atom is 0.344 e. The van der Waals surface area contributed by atoms with Crippen molar-refractivity contribution in [3.63, 3.8) is 0 Å². The molecule has 0 amide bonds. The van der Waals surface area contributed by atoms with E-state index in [1.54, 1.807) is 16.7 Å². The number of benzene rings is 1. The summed E-state index contributed by atoms with van der Waals surface area (Å²) in [6, 6.07) is 1.26. The van der Waals surface area contributed by atoms with Crippen molar-refractivity contribution >= 4 is 34.1 Å². The molecule has 0 bridgehead atoms. The third-order valence-electron chi connectivity index (χ3n) is 13.7. The van der Waals surface area contributed by atoms with Gasteiger partial charge < -0.3 is 34.5 Å². The molecule has 12 heteroatoms. The SMILES string of the molecule is COc1c(N2CCNC(C)C2)c(F)cc2c(=O)c(C(=O)OCC(=O)[C@@]3(O)CCC4C5CCC6=CC(=O)C=C[C@]6(C)C5C(O)C[C@@]43C)cn(C3CC3)c12. The fourth-order valence-corrected chi connectivity index (χ4v) is 11.0. The Morgan fingerprint density at radius 3 is 2.63 bits per heavy atom. The number of Topliss-reactive ketones (excluding diaryl/α,β-unsaturated/α-hetero) is 1. The Bertz CT molecular complexity index is 2000. The molecule has 5 aliphatic carbocycles. The molecule has 1 saturated heterocycles. The Morgan fingerprint density at radius 1 is 1.15 bits per heavy atom. The molecule has 1 aromatic heterocycles. The van der Waals surface area contributed by atoms with Crippen LogP contribution in [0.25, 0.3) is 10.9 Å². The van der Waals surface area contributed by atoms with E-state index in [1.807, 2.05) is 24.8 Å². The standard InChI is InChI=1S/C40H48FN3O8/c1-21-18-43(14-13-42-21)34-29(41)16-26-33(36(34)51-4)44(23-6-7-23)19-27(35(26)48)37(49)52-20-31(47)40(50)12-10-28-25-8-5-22-15-24(45)9-11-38(22,2)32(25)30(46)17-39(28,40)3/h9,11,15-16,19,21,23,25,28,30,32,42,46,50H,5-8,10,12-14,17-18,20H2,1-4H3/t21?,25?,28?,30?,32?,38-,39-,40-/m0/s1. The molecule has 278 valence electrons. The molecule has 52 heavy (non-hydrogen) atoms. The van der Waals surface area contributed by atoms with Gasteiger partial charge in [-0.15, -0.1) is 0 Å². The van der Waals surface area contributed by atoms with E-state index in [0.717, 1.165) is 30.9 Å². The third kappa shape index (κ3) is 5.15. The van der Waals surface area contributed by atoms with E-state index in [9.17, 15) is 29.4 Å². The molecule has 3 N–H and O–H groups in total. The first-order valence-electron chi connectivity index (χ1n) is 18.7. The minimum Gasteiger partial charge on any atom is -0.492 e. The van der Waals surface area contributed by atoms with Crippen molar-refractivity contribution < 1.29 is 38.5 Å². The van der Waals surface area contributed by atoms with Gasteiger partial charge in [-0.3, -0.25) is 14.4 Å². The van der Waals surface area contributed by atoms with Crippen LogP contribution < -0.4 is 20.4 Å². The number of halogens is 1. The van der Waals surface area contributed by atoms with Crippen molar-refractivity contribution in [3.8, 4) is 5.75 Å². The number of fused-ring (bicyclic) bond motifs is 6. The maximum atomic E-state index is 15.9. The molecule has 2 aromatic rings. The molecule has 8 atom stereocenters. The van der Waals surface area contributed by atoms with Crippen molar-refractivity contribution in [1.29, 1.82) is 0 Å². The number of allylic oxidation sites excluding steroid dienone is 4. The number of hydrogen-bond acceptors (Lipinski definition) is 10. The molecule has 0 spiro atoms. The molecule has 6 aliphatic rings. The number of aliphatic hydroxyl groups excluding tert-OH is 1. The maximum absolute atomic E-state index is 15.9. The molecule has 1 aromatic carbocycles. The summed E-state index contributed by atoms with van der Waals surface area (Å²) in [6.45, 7) is 6.95. The fourth-order valence-electron chi connectivity index (χ4n) is 11.0. The van der Waals surface area contributed by atoms with Crippen molar-refractivity contribution in [2.75, 3.05) is 38.3 Å². The number of piperazine rings is 1. The quantitative estimate of drug-likeness (QED) is 0.359. The smallest absolute Gasteiger partial charge is 0.344 e. The summed E-state index contributed by atoms with van der Waals surface area (Å²) in [5.74, 6) is -2.36. The lowest BCUT2D eigenvalue weighted by atomic mass is 9.46. The highest BCUT2D eigenvalue weighted by Gasteiger charge is 2.68. The van der Waals surface area contributed by atoms with Gasteiger partial charge in [-0.2, -0.15) is 0 Å². The number of pyridine rings is 1. The van der Waals surface area contributed by atoms with Gasteiger partial charge >= 0.3 is 5.97 Å². The lowest BCUT2D eigenvalue weighted by Crippen LogP contribution is -2.61. The number of nitrogens with zero attached hydrogens (tertiary/aromatic N) is 2. The van der Waals surface area contributed by atoms with Crippen LogP contribution in [0.3, 0.4) is 0 Å². The van der Waals surface area contributed by atoms with Crippen LogP contribution in [0.5, 0.6) is 5.75 Å². The monoisotopic (exact) mass is 717 g/mol. The number of methoxy groups -OCH3 is 1. The second kappa shape index (κ2) is 12.3. The molecule has 0 radical (unpaired) electrons. The third-order valence-corrected chi connectivity index (χ3v) is 13.7. The van der Waals surface area contributed by atoms with Crippen molar-refractivity contribution in [3.05, 3.63) is 57.7 Å². The van der Waals surface area contributed by atoms with E-state index in [2.05, 4.69) is 12.2 Å². The Morgan fingerprint density at radius 2 is 1.92 bits per heavy atom. The van der Waals surface area contributed by atoms with Gasteiger partial charge in [-0.1, -0.05) is 25.5 Å². The number of ether oxygens (including phenoxy) is 2. The highest BCUT2D eigenvalue weighted by molar-refractivity contribution is 6.01. The molecule has 5 fully saturated rings. The second-order valence-corrected chi connectivity index (χ2v) is 16.6. The topological polar surface area (TPSA) is 147 Å². The molecule has 1 aliphatic heterocycles. The van der Waals surface area contributed by atoms with Gasteiger partial charge in [-0.05, 0) is 81.9 Å². The molecule has 4 saturated carbocycles. The largest absolute Gasteiger partial charge is 0.492 e. The summed E-state index contributed by atoms with van der Waals surface area (Å²) in [6.07, 6.45) is 9.72. The Kier molecular flexibility index (Phi) is 8.35. The van der Waals surface area contributed by atoms with E-state index >= 15 is 4.39 Å². The van der Waals surface area contributed by atoms with Crippen LogP contribution in [-0.2, 0) is 14.3 Å². The zero-order chi connectivity index (χ0) is 36.9. The average Bonchev–Trinajstić information content (AvgIpc) is 3.91. The second-order valence-electron chi connectivity index (χ2n) is 16.6. The van der Waals surface area contributed by atoms with Crippen molar-refractivity contribution in [2.45, 2.75) is 89.5 Å². The normalized spacial score (nSPS) is 35.4. The summed E-state index contributed by atoms with van der Waals surface area (Å²) in [5.41, 5.74) is -2.66. The lowest BCUT2D eigenvalue weighted by molar-refractivity contribution is -0.178. The van der Waals surface area contributed by atoms with Crippen LogP contribution >= 0.6 is 0 Å². The molecule has 2 heterocycles. The van der Waals surface area contributed by atoms with Crippen LogP contribution in [0.2, 0.25) is 0 Å². The molecular formula is C40H48FN3O8. The Hall–Kier alpha value is -3.87. The van der Waals surface area contributed by atoms with Crippen molar-refractivity contribution in [2.24, 2.45) is 28.6 Å². The number of rotatable bonds is 7. The summed E-state index contributed by atoms with van der Waals surface area (Å²) in [4.78, 5) is 55.5.